The third-order valence-electron chi connectivity index (χ3n) is 3.16. The molecule has 0 amide bonds. The third-order valence-corrected chi connectivity index (χ3v) is 3.98. The van der Waals surface area contributed by atoms with Gasteiger partial charge in [-0.2, -0.15) is 0 Å². The molecule has 0 heterocycles. The van der Waals surface area contributed by atoms with Gasteiger partial charge in [0, 0.05) is 34.2 Å². The first kappa shape index (κ1) is 15.9. The van der Waals surface area contributed by atoms with Crippen molar-refractivity contribution in [2.24, 2.45) is 0 Å². The summed E-state index contributed by atoms with van der Waals surface area (Å²) in [7, 11) is 0. The summed E-state index contributed by atoms with van der Waals surface area (Å²) in [6.07, 6.45) is 0. The first-order valence-electron chi connectivity index (χ1n) is 6.39. The van der Waals surface area contributed by atoms with E-state index in [1.54, 1.807) is 12.1 Å². The smallest absolute Gasteiger partial charge is 0.269 e. The Morgan fingerprint density at radius 1 is 1.33 bits per heavy atom. The molecule has 0 aliphatic rings. The standard InChI is InChI=1S/C15H14BrClN2O2/c1-10(14-6-5-12(16)8-15(14)17)18-9-11-3-2-4-13(7-11)19(20)21/h2-8,10,18H,9H2,1H3. The maximum atomic E-state index is 10.8. The molecule has 110 valence electrons. The highest BCUT2D eigenvalue weighted by Gasteiger charge is 2.11. The molecule has 0 bridgehead atoms. The van der Waals surface area contributed by atoms with Gasteiger partial charge in [-0.05, 0) is 30.2 Å². The van der Waals surface area contributed by atoms with Crippen LogP contribution in [0.5, 0.6) is 0 Å². The maximum Gasteiger partial charge on any atom is 0.269 e. The van der Waals surface area contributed by atoms with Crippen molar-refractivity contribution in [3.63, 3.8) is 0 Å². The van der Waals surface area contributed by atoms with Crippen LogP contribution in [-0.2, 0) is 6.54 Å². The molecule has 0 spiro atoms. The van der Waals surface area contributed by atoms with Crippen LogP contribution in [0.15, 0.2) is 46.9 Å². The Bertz CT molecular complexity index is 664. The fourth-order valence-corrected chi connectivity index (χ4v) is 2.85. The molecule has 0 aromatic heterocycles. The van der Waals surface area contributed by atoms with Crippen molar-refractivity contribution >= 4 is 33.2 Å². The van der Waals surface area contributed by atoms with E-state index in [0.29, 0.717) is 11.6 Å². The summed E-state index contributed by atoms with van der Waals surface area (Å²) in [6, 6.07) is 12.4. The summed E-state index contributed by atoms with van der Waals surface area (Å²) in [6.45, 7) is 2.54. The lowest BCUT2D eigenvalue weighted by Gasteiger charge is -2.16. The van der Waals surface area contributed by atoms with Crippen LogP contribution in [0.4, 0.5) is 5.69 Å². The van der Waals surface area contributed by atoms with Crippen molar-refractivity contribution in [3.8, 4) is 0 Å². The Morgan fingerprint density at radius 2 is 2.10 bits per heavy atom. The molecule has 0 fully saturated rings. The summed E-state index contributed by atoms with van der Waals surface area (Å²) in [5, 5.41) is 14.8. The minimum atomic E-state index is -0.390. The van der Waals surface area contributed by atoms with E-state index in [0.717, 1.165) is 15.6 Å². The number of non-ortho nitro benzene ring substituents is 1. The summed E-state index contributed by atoms with van der Waals surface area (Å²) >= 11 is 9.59. The molecule has 21 heavy (non-hydrogen) atoms. The number of rotatable bonds is 5. The zero-order valence-corrected chi connectivity index (χ0v) is 13.7. The predicted molar refractivity (Wildman–Crippen MR) is 87.5 cm³/mol. The SMILES string of the molecule is CC(NCc1cccc([N+](=O)[O-])c1)c1ccc(Br)cc1Cl. The number of nitro groups is 1. The first-order chi connectivity index (χ1) is 9.97. The van der Waals surface area contributed by atoms with Gasteiger partial charge in [0.05, 0.1) is 4.92 Å². The lowest BCUT2D eigenvalue weighted by Crippen LogP contribution is -2.18. The molecule has 1 unspecified atom stereocenters. The Morgan fingerprint density at radius 3 is 2.76 bits per heavy atom. The van der Waals surface area contributed by atoms with Crippen LogP contribution >= 0.6 is 27.5 Å². The van der Waals surface area contributed by atoms with Crippen LogP contribution < -0.4 is 5.32 Å². The van der Waals surface area contributed by atoms with Crippen LogP contribution in [0.1, 0.15) is 24.1 Å². The van der Waals surface area contributed by atoms with E-state index < -0.39 is 4.92 Å². The summed E-state index contributed by atoms with van der Waals surface area (Å²) in [4.78, 5) is 10.4. The van der Waals surface area contributed by atoms with Gasteiger partial charge >= 0.3 is 0 Å². The van der Waals surface area contributed by atoms with Crippen LogP contribution in [0.25, 0.3) is 0 Å². The van der Waals surface area contributed by atoms with Gasteiger partial charge in [0.2, 0.25) is 0 Å². The average molecular weight is 370 g/mol. The van der Waals surface area contributed by atoms with Crippen molar-refractivity contribution in [2.45, 2.75) is 19.5 Å². The number of nitro benzene ring substituents is 1. The van der Waals surface area contributed by atoms with Gasteiger partial charge in [-0.1, -0.05) is 45.7 Å². The Labute approximate surface area is 136 Å². The van der Waals surface area contributed by atoms with Gasteiger partial charge < -0.3 is 5.32 Å². The Kier molecular flexibility index (Phi) is 5.33. The molecule has 4 nitrogen and oxygen atoms in total. The largest absolute Gasteiger partial charge is 0.306 e. The molecule has 0 aliphatic carbocycles. The lowest BCUT2D eigenvalue weighted by molar-refractivity contribution is -0.384. The van der Waals surface area contributed by atoms with Gasteiger partial charge in [-0.3, -0.25) is 10.1 Å². The summed E-state index contributed by atoms with van der Waals surface area (Å²) in [5.41, 5.74) is 1.96. The molecule has 2 aromatic rings. The average Bonchev–Trinajstić information content (AvgIpc) is 2.45. The molecule has 2 aromatic carbocycles. The lowest BCUT2D eigenvalue weighted by atomic mass is 10.1. The predicted octanol–water partition coefficient (Wildman–Crippen LogP) is 4.86. The monoisotopic (exact) mass is 368 g/mol. The van der Waals surface area contributed by atoms with Gasteiger partial charge in [-0.15, -0.1) is 0 Å². The molecular weight excluding hydrogens is 356 g/mol. The summed E-state index contributed by atoms with van der Waals surface area (Å²) in [5.74, 6) is 0. The van der Waals surface area contributed by atoms with Gasteiger partial charge in [0.15, 0.2) is 0 Å². The molecule has 0 aliphatic heterocycles. The van der Waals surface area contributed by atoms with Gasteiger partial charge in [-0.25, -0.2) is 0 Å². The number of benzene rings is 2. The van der Waals surface area contributed by atoms with Crippen molar-refractivity contribution < 1.29 is 4.92 Å². The third kappa shape index (κ3) is 4.27. The molecule has 1 atom stereocenters. The zero-order chi connectivity index (χ0) is 15.4. The van der Waals surface area contributed by atoms with E-state index in [-0.39, 0.29) is 11.7 Å². The Hall–Kier alpha value is -1.43. The van der Waals surface area contributed by atoms with E-state index in [2.05, 4.69) is 21.2 Å². The number of hydrogen-bond donors (Lipinski definition) is 1. The van der Waals surface area contributed by atoms with E-state index in [1.165, 1.54) is 6.07 Å². The van der Waals surface area contributed by atoms with Gasteiger partial charge in [0.1, 0.15) is 0 Å². The number of halogens is 2. The second kappa shape index (κ2) is 7.02. The van der Waals surface area contributed by atoms with Crippen molar-refractivity contribution in [1.82, 2.24) is 5.32 Å². The van der Waals surface area contributed by atoms with Crippen LogP contribution in [0.2, 0.25) is 5.02 Å². The first-order valence-corrected chi connectivity index (χ1v) is 7.56. The molecule has 0 saturated carbocycles. The van der Waals surface area contributed by atoms with Gasteiger partial charge in [0.25, 0.3) is 5.69 Å². The van der Waals surface area contributed by atoms with E-state index in [1.807, 2.05) is 31.2 Å². The molecule has 0 saturated heterocycles. The van der Waals surface area contributed by atoms with E-state index in [4.69, 9.17) is 11.6 Å². The number of nitrogens with zero attached hydrogens (tertiary/aromatic N) is 1. The fourth-order valence-electron chi connectivity index (χ4n) is 2.01. The quantitative estimate of drug-likeness (QED) is 0.605. The second-order valence-corrected chi connectivity index (χ2v) is 6.02. The molecule has 6 heteroatoms. The highest BCUT2D eigenvalue weighted by atomic mass is 79.9. The fraction of sp³-hybridized carbons (Fsp3) is 0.200. The number of hydrogen-bond acceptors (Lipinski definition) is 3. The molecular formula is C15H14BrClN2O2. The summed E-state index contributed by atoms with van der Waals surface area (Å²) < 4.78 is 0.933. The normalized spacial score (nSPS) is 12.1. The van der Waals surface area contributed by atoms with Crippen LogP contribution in [-0.4, -0.2) is 4.92 Å². The van der Waals surface area contributed by atoms with E-state index in [9.17, 15) is 10.1 Å². The van der Waals surface area contributed by atoms with Crippen molar-refractivity contribution in [2.75, 3.05) is 0 Å². The minimum Gasteiger partial charge on any atom is -0.306 e. The second-order valence-electron chi connectivity index (χ2n) is 4.70. The molecule has 1 N–H and O–H groups in total. The zero-order valence-electron chi connectivity index (χ0n) is 11.3. The van der Waals surface area contributed by atoms with E-state index >= 15 is 0 Å². The van der Waals surface area contributed by atoms with Crippen molar-refractivity contribution in [1.29, 1.82) is 0 Å². The topological polar surface area (TPSA) is 55.2 Å². The van der Waals surface area contributed by atoms with Crippen LogP contribution in [0.3, 0.4) is 0 Å². The Balaban J connectivity index is 2.05. The van der Waals surface area contributed by atoms with Crippen LogP contribution in [0, 0.1) is 10.1 Å². The highest BCUT2D eigenvalue weighted by molar-refractivity contribution is 9.10. The maximum absolute atomic E-state index is 10.8. The minimum absolute atomic E-state index is 0.0462. The molecule has 2 rings (SSSR count). The highest BCUT2D eigenvalue weighted by Crippen LogP contribution is 2.26. The number of nitrogens with one attached hydrogen (secondary N) is 1. The molecule has 0 radical (unpaired) electrons. The van der Waals surface area contributed by atoms with Crippen molar-refractivity contribution in [3.05, 3.63) is 73.2 Å².